The second kappa shape index (κ2) is 7.45. The van der Waals surface area contributed by atoms with Crippen molar-refractivity contribution >= 4 is 22.4 Å². The van der Waals surface area contributed by atoms with E-state index in [1.54, 1.807) is 4.57 Å². The molecule has 4 bridgehead atoms. The number of hydrogen-bond donors (Lipinski definition) is 1. The molecule has 3 unspecified atom stereocenters. The normalized spacial score (nSPS) is 32.1. The quantitative estimate of drug-likeness (QED) is 0.806. The molecule has 5 fully saturated rings. The maximum Gasteiger partial charge on any atom is 0.258 e. The summed E-state index contributed by atoms with van der Waals surface area (Å²) in [6.07, 6.45) is 7.77. The Labute approximate surface area is 182 Å². The van der Waals surface area contributed by atoms with Crippen molar-refractivity contribution in [2.45, 2.75) is 38.6 Å². The molecule has 0 radical (unpaired) electrons. The first-order valence-corrected chi connectivity index (χ1v) is 11.9. The molecule has 1 saturated heterocycles. The zero-order chi connectivity index (χ0) is 21.0. The lowest BCUT2D eigenvalue weighted by Crippen LogP contribution is -2.39. The van der Waals surface area contributed by atoms with Crippen molar-refractivity contribution in [1.82, 2.24) is 9.47 Å². The SMILES string of the molecule is O=C(Nc1cccc2c(=O)n(CCN3CCOCC3)ccc12)C12CC3CC1C[C@H](C3)C2. The maximum atomic E-state index is 13.4. The average Bonchev–Trinajstić information content (AvgIpc) is 3.19. The second-order valence-electron chi connectivity index (χ2n) is 10.2. The van der Waals surface area contributed by atoms with Gasteiger partial charge >= 0.3 is 0 Å². The molecule has 4 saturated carbocycles. The van der Waals surface area contributed by atoms with Crippen molar-refractivity contribution in [1.29, 1.82) is 0 Å². The third-order valence-corrected chi connectivity index (χ3v) is 8.47. The molecule has 2 heterocycles. The van der Waals surface area contributed by atoms with E-state index in [0.717, 1.165) is 68.6 Å². The number of nitrogens with zero attached hydrogens (tertiary/aromatic N) is 2. The number of morpholine rings is 1. The number of aromatic nitrogens is 1. The highest BCUT2D eigenvalue weighted by atomic mass is 16.5. The van der Waals surface area contributed by atoms with Crippen LogP contribution < -0.4 is 10.9 Å². The van der Waals surface area contributed by atoms with E-state index < -0.39 is 0 Å². The van der Waals surface area contributed by atoms with E-state index in [4.69, 9.17) is 4.74 Å². The van der Waals surface area contributed by atoms with Crippen LogP contribution in [0, 0.1) is 23.2 Å². The summed E-state index contributed by atoms with van der Waals surface area (Å²) in [5, 5.41) is 4.77. The number of pyridine rings is 1. The van der Waals surface area contributed by atoms with Gasteiger partial charge in [-0.05, 0) is 68.1 Å². The monoisotopic (exact) mass is 421 g/mol. The minimum Gasteiger partial charge on any atom is -0.379 e. The predicted molar refractivity (Wildman–Crippen MR) is 120 cm³/mol. The number of rotatable bonds is 5. The number of hydrogen-bond acceptors (Lipinski definition) is 4. The van der Waals surface area contributed by atoms with Gasteiger partial charge in [-0.1, -0.05) is 6.07 Å². The van der Waals surface area contributed by atoms with E-state index in [0.29, 0.717) is 17.8 Å². The van der Waals surface area contributed by atoms with Crippen LogP contribution >= 0.6 is 0 Å². The molecule has 31 heavy (non-hydrogen) atoms. The van der Waals surface area contributed by atoms with Crippen LogP contribution in [0.2, 0.25) is 0 Å². The van der Waals surface area contributed by atoms with Crippen molar-refractivity contribution in [2.75, 3.05) is 38.2 Å². The van der Waals surface area contributed by atoms with Crippen LogP contribution in [0.1, 0.15) is 32.1 Å². The number of carbonyl (C=O) groups excluding carboxylic acids is 1. The van der Waals surface area contributed by atoms with E-state index in [-0.39, 0.29) is 16.9 Å². The van der Waals surface area contributed by atoms with Gasteiger partial charge in [-0.25, -0.2) is 0 Å². The third-order valence-electron chi connectivity index (χ3n) is 8.47. The van der Waals surface area contributed by atoms with Gasteiger partial charge in [0, 0.05) is 48.8 Å². The van der Waals surface area contributed by atoms with Crippen molar-refractivity contribution < 1.29 is 9.53 Å². The smallest absolute Gasteiger partial charge is 0.258 e. The summed E-state index contributed by atoms with van der Waals surface area (Å²) in [6.45, 7) is 4.88. The summed E-state index contributed by atoms with van der Waals surface area (Å²) >= 11 is 0. The standard InChI is InChI=1S/C25H31N3O3/c29-23-21-2-1-3-22(20(21)4-5-28(23)7-6-27-8-10-31-11-9-27)26-24(30)25-15-17-12-18(16-25)14-19(25)13-17/h1-5,17-19H,6-16H2,(H,26,30)/t17-,18?,19?,25?/m0/s1. The first-order chi connectivity index (χ1) is 15.1. The molecular formula is C25H31N3O3. The van der Waals surface area contributed by atoms with Gasteiger partial charge in [-0.3, -0.25) is 14.5 Å². The fourth-order valence-corrected chi connectivity index (χ4v) is 7.09. The lowest BCUT2D eigenvalue weighted by Gasteiger charge is -2.31. The predicted octanol–water partition coefficient (Wildman–Crippen LogP) is 3.10. The Balaban J connectivity index is 1.23. The number of ether oxygens (including phenoxy) is 1. The van der Waals surface area contributed by atoms with Crippen LogP contribution in [-0.2, 0) is 16.1 Å². The molecule has 1 N–H and O–H groups in total. The second-order valence-corrected chi connectivity index (χ2v) is 10.2. The largest absolute Gasteiger partial charge is 0.379 e. The van der Waals surface area contributed by atoms with Crippen LogP contribution in [-0.4, -0.2) is 48.2 Å². The Morgan fingerprint density at radius 1 is 1.03 bits per heavy atom. The molecule has 2 aromatic rings. The third kappa shape index (κ3) is 3.23. The van der Waals surface area contributed by atoms with Gasteiger partial charge in [0.15, 0.2) is 0 Å². The average molecular weight is 422 g/mol. The van der Waals surface area contributed by atoms with Gasteiger partial charge in [-0.15, -0.1) is 0 Å². The molecule has 6 nitrogen and oxygen atoms in total. The van der Waals surface area contributed by atoms with E-state index in [2.05, 4.69) is 10.2 Å². The highest BCUT2D eigenvalue weighted by Crippen LogP contribution is 2.65. The number of carbonyl (C=O) groups is 1. The lowest BCUT2D eigenvalue weighted by atomic mass is 9.75. The molecule has 0 spiro atoms. The Bertz CT molecular complexity index is 1060. The summed E-state index contributed by atoms with van der Waals surface area (Å²) in [7, 11) is 0. The summed E-state index contributed by atoms with van der Waals surface area (Å²) in [4.78, 5) is 28.9. The Morgan fingerprint density at radius 3 is 2.58 bits per heavy atom. The Hall–Kier alpha value is -2.18. The Kier molecular flexibility index (Phi) is 4.69. The van der Waals surface area contributed by atoms with Crippen molar-refractivity contribution in [3.8, 4) is 0 Å². The van der Waals surface area contributed by atoms with Crippen molar-refractivity contribution in [2.24, 2.45) is 23.2 Å². The van der Waals surface area contributed by atoms with E-state index in [1.165, 1.54) is 19.3 Å². The van der Waals surface area contributed by atoms with Crippen molar-refractivity contribution in [3.63, 3.8) is 0 Å². The maximum absolute atomic E-state index is 13.4. The van der Waals surface area contributed by atoms with E-state index in [1.807, 2.05) is 30.5 Å². The Morgan fingerprint density at radius 2 is 1.81 bits per heavy atom. The van der Waals surface area contributed by atoms with Crippen LogP contribution in [0.15, 0.2) is 35.3 Å². The molecule has 7 rings (SSSR count). The number of fused-ring (bicyclic) bond motifs is 1. The minimum atomic E-state index is -0.164. The fraction of sp³-hybridized carbons (Fsp3) is 0.600. The highest BCUT2D eigenvalue weighted by molar-refractivity contribution is 6.04. The summed E-state index contributed by atoms with van der Waals surface area (Å²) in [6, 6.07) is 7.69. The summed E-state index contributed by atoms with van der Waals surface area (Å²) in [5.41, 5.74) is 0.629. The topological polar surface area (TPSA) is 63.6 Å². The molecule has 4 aliphatic carbocycles. The van der Waals surface area contributed by atoms with Crippen molar-refractivity contribution in [3.05, 3.63) is 40.8 Å². The minimum absolute atomic E-state index is 0.0147. The zero-order valence-corrected chi connectivity index (χ0v) is 18.0. The highest BCUT2D eigenvalue weighted by Gasteiger charge is 2.61. The number of anilines is 1. The number of nitrogens with one attached hydrogen (secondary N) is 1. The van der Waals surface area contributed by atoms with Gasteiger partial charge in [0.25, 0.3) is 5.56 Å². The van der Waals surface area contributed by atoms with Crippen LogP contribution in [0.3, 0.4) is 0 Å². The lowest BCUT2D eigenvalue weighted by molar-refractivity contribution is -0.127. The fourth-order valence-electron chi connectivity index (χ4n) is 7.09. The molecule has 1 amide bonds. The molecule has 1 aromatic heterocycles. The van der Waals surface area contributed by atoms with Gasteiger partial charge in [0.1, 0.15) is 0 Å². The summed E-state index contributed by atoms with van der Waals surface area (Å²) in [5.74, 6) is 2.23. The van der Waals surface area contributed by atoms with E-state index >= 15 is 0 Å². The summed E-state index contributed by atoms with van der Waals surface area (Å²) < 4.78 is 7.20. The number of benzene rings is 1. The molecule has 4 atom stereocenters. The van der Waals surface area contributed by atoms with Gasteiger partial charge in [0.2, 0.25) is 5.91 Å². The molecule has 1 aromatic carbocycles. The molecule has 164 valence electrons. The molecule has 5 aliphatic rings. The van der Waals surface area contributed by atoms with Gasteiger partial charge in [-0.2, -0.15) is 0 Å². The first kappa shape index (κ1) is 19.5. The van der Waals surface area contributed by atoms with Crippen LogP contribution in [0.4, 0.5) is 5.69 Å². The molecule has 6 heteroatoms. The molecule has 1 aliphatic heterocycles. The van der Waals surface area contributed by atoms with Gasteiger partial charge < -0.3 is 14.6 Å². The first-order valence-electron chi connectivity index (χ1n) is 11.9. The zero-order valence-electron chi connectivity index (χ0n) is 18.0. The van der Waals surface area contributed by atoms with E-state index in [9.17, 15) is 9.59 Å². The van der Waals surface area contributed by atoms with Crippen LogP contribution in [0.5, 0.6) is 0 Å². The van der Waals surface area contributed by atoms with Crippen LogP contribution in [0.25, 0.3) is 10.8 Å². The number of amides is 1. The van der Waals surface area contributed by atoms with Gasteiger partial charge in [0.05, 0.1) is 18.6 Å². The molecular weight excluding hydrogens is 390 g/mol.